The maximum Gasteiger partial charge on any atom is 0.233 e. The molecule has 0 spiro atoms. The first kappa shape index (κ1) is 18.7. The Labute approximate surface area is 168 Å². The Hall–Kier alpha value is -2.67. The van der Waals surface area contributed by atoms with Crippen molar-refractivity contribution in [1.29, 1.82) is 0 Å². The molecule has 28 heavy (non-hydrogen) atoms. The van der Waals surface area contributed by atoms with Crippen LogP contribution in [0.15, 0.2) is 60.0 Å². The zero-order valence-corrected chi connectivity index (χ0v) is 16.6. The topological polar surface area (TPSA) is 72.7 Å². The second-order valence-electron chi connectivity index (χ2n) is 6.93. The third kappa shape index (κ3) is 4.42. The summed E-state index contributed by atoms with van der Waals surface area (Å²) in [6.45, 7) is 2.55. The SMILES string of the molecule is C[C@@H](Sc1nnc(-c2ccncc2)n1C1CC1)C(=O)NCCc1ccccc1. The highest BCUT2D eigenvalue weighted by Crippen LogP contribution is 2.41. The lowest BCUT2D eigenvalue weighted by molar-refractivity contribution is -0.120. The average molecular weight is 394 g/mol. The number of aromatic nitrogens is 4. The van der Waals surface area contributed by atoms with E-state index in [2.05, 4.69) is 37.2 Å². The fourth-order valence-corrected chi connectivity index (χ4v) is 3.99. The Kier molecular flexibility index (Phi) is 5.71. The largest absolute Gasteiger partial charge is 0.355 e. The van der Waals surface area contributed by atoms with Crippen LogP contribution in [0.2, 0.25) is 0 Å². The van der Waals surface area contributed by atoms with Crippen molar-refractivity contribution in [3.05, 3.63) is 60.4 Å². The smallest absolute Gasteiger partial charge is 0.233 e. The van der Waals surface area contributed by atoms with Gasteiger partial charge >= 0.3 is 0 Å². The lowest BCUT2D eigenvalue weighted by atomic mass is 10.1. The zero-order valence-electron chi connectivity index (χ0n) is 15.8. The third-order valence-electron chi connectivity index (χ3n) is 4.72. The molecule has 1 aliphatic rings. The number of nitrogens with zero attached hydrogens (tertiary/aromatic N) is 4. The maximum atomic E-state index is 12.5. The molecule has 1 saturated carbocycles. The van der Waals surface area contributed by atoms with Crippen LogP contribution in [-0.4, -0.2) is 37.5 Å². The van der Waals surface area contributed by atoms with Crippen LogP contribution in [0.25, 0.3) is 11.4 Å². The third-order valence-corrected chi connectivity index (χ3v) is 5.78. The number of nitrogens with one attached hydrogen (secondary N) is 1. The number of carbonyl (C=O) groups excluding carboxylic acids is 1. The number of thioether (sulfide) groups is 1. The molecule has 0 radical (unpaired) electrons. The van der Waals surface area contributed by atoms with Crippen LogP contribution in [0.3, 0.4) is 0 Å². The molecule has 4 rings (SSSR count). The van der Waals surface area contributed by atoms with Crippen molar-refractivity contribution < 1.29 is 4.79 Å². The van der Waals surface area contributed by atoms with Gasteiger partial charge in [-0.3, -0.25) is 14.3 Å². The molecule has 144 valence electrons. The molecular formula is C21H23N5OS. The number of amides is 1. The van der Waals surface area contributed by atoms with Gasteiger partial charge in [0.05, 0.1) is 5.25 Å². The van der Waals surface area contributed by atoms with Gasteiger partial charge in [-0.2, -0.15) is 0 Å². The number of hydrogen-bond donors (Lipinski definition) is 1. The van der Waals surface area contributed by atoms with E-state index in [1.165, 1.54) is 17.3 Å². The molecule has 1 aromatic carbocycles. The van der Waals surface area contributed by atoms with E-state index in [0.717, 1.165) is 35.8 Å². The maximum absolute atomic E-state index is 12.5. The Morgan fingerprint density at radius 3 is 2.64 bits per heavy atom. The van der Waals surface area contributed by atoms with Crippen molar-refractivity contribution in [3.8, 4) is 11.4 Å². The Bertz CT molecular complexity index is 924. The molecule has 0 aliphatic heterocycles. The highest BCUT2D eigenvalue weighted by Gasteiger charge is 2.31. The minimum Gasteiger partial charge on any atom is -0.355 e. The molecule has 0 bridgehead atoms. The molecule has 1 N–H and O–H groups in total. The van der Waals surface area contributed by atoms with Gasteiger partial charge in [0, 0.05) is 30.5 Å². The van der Waals surface area contributed by atoms with E-state index >= 15 is 0 Å². The molecule has 1 amide bonds. The van der Waals surface area contributed by atoms with Gasteiger partial charge in [0.25, 0.3) is 0 Å². The summed E-state index contributed by atoms with van der Waals surface area (Å²) in [5.41, 5.74) is 2.22. The summed E-state index contributed by atoms with van der Waals surface area (Å²) in [6, 6.07) is 14.5. The highest BCUT2D eigenvalue weighted by molar-refractivity contribution is 8.00. The summed E-state index contributed by atoms with van der Waals surface area (Å²) < 4.78 is 2.17. The Balaban J connectivity index is 1.39. The van der Waals surface area contributed by atoms with Crippen LogP contribution < -0.4 is 5.32 Å². The molecule has 1 aliphatic carbocycles. The van der Waals surface area contributed by atoms with Gasteiger partial charge in [-0.25, -0.2) is 0 Å². The van der Waals surface area contributed by atoms with Crippen molar-refractivity contribution in [1.82, 2.24) is 25.1 Å². The zero-order chi connectivity index (χ0) is 19.3. The number of pyridine rings is 1. The van der Waals surface area contributed by atoms with Gasteiger partial charge in [0.1, 0.15) is 0 Å². The van der Waals surface area contributed by atoms with Crippen molar-refractivity contribution in [2.75, 3.05) is 6.54 Å². The van der Waals surface area contributed by atoms with E-state index in [1.54, 1.807) is 12.4 Å². The molecule has 6 nitrogen and oxygen atoms in total. The predicted octanol–water partition coefficient (Wildman–Crippen LogP) is 3.51. The second-order valence-corrected chi connectivity index (χ2v) is 8.24. The summed E-state index contributed by atoms with van der Waals surface area (Å²) in [4.78, 5) is 16.6. The van der Waals surface area contributed by atoms with Gasteiger partial charge in [-0.05, 0) is 43.9 Å². The van der Waals surface area contributed by atoms with Crippen LogP contribution in [0, 0.1) is 0 Å². The van der Waals surface area contributed by atoms with Gasteiger partial charge in [0.2, 0.25) is 5.91 Å². The molecule has 1 fully saturated rings. The van der Waals surface area contributed by atoms with E-state index in [-0.39, 0.29) is 11.2 Å². The summed E-state index contributed by atoms with van der Waals surface area (Å²) in [7, 11) is 0. The molecule has 0 unspecified atom stereocenters. The minimum absolute atomic E-state index is 0.0248. The fourth-order valence-electron chi connectivity index (χ4n) is 3.05. The van der Waals surface area contributed by atoms with E-state index in [4.69, 9.17) is 0 Å². The highest BCUT2D eigenvalue weighted by atomic mass is 32.2. The second kappa shape index (κ2) is 8.56. The first-order valence-electron chi connectivity index (χ1n) is 9.56. The van der Waals surface area contributed by atoms with Crippen LogP contribution in [0.4, 0.5) is 0 Å². The summed E-state index contributed by atoms with van der Waals surface area (Å²) >= 11 is 1.47. The van der Waals surface area contributed by atoms with Gasteiger partial charge in [-0.1, -0.05) is 42.1 Å². The molecule has 1 atom stereocenters. The van der Waals surface area contributed by atoms with E-state index in [0.29, 0.717) is 12.6 Å². The summed E-state index contributed by atoms with van der Waals surface area (Å²) in [5.74, 6) is 0.876. The van der Waals surface area contributed by atoms with Crippen LogP contribution in [0.5, 0.6) is 0 Å². The fraction of sp³-hybridized carbons (Fsp3) is 0.333. The Morgan fingerprint density at radius 1 is 1.18 bits per heavy atom. The number of hydrogen-bond acceptors (Lipinski definition) is 5. The average Bonchev–Trinajstić information content (AvgIpc) is 3.49. The van der Waals surface area contributed by atoms with Crippen LogP contribution in [0.1, 0.15) is 31.4 Å². The van der Waals surface area contributed by atoms with Crippen LogP contribution >= 0.6 is 11.8 Å². The minimum atomic E-state index is -0.234. The van der Waals surface area contributed by atoms with Gasteiger partial charge in [-0.15, -0.1) is 10.2 Å². The first-order valence-corrected chi connectivity index (χ1v) is 10.4. The lowest BCUT2D eigenvalue weighted by Crippen LogP contribution is -2.32. The monoisotopic (exact) mass is 393 g/mol. The predicted molar refractivity (Wildman–Crippen MR) is 110 cm³/mol. The quantitative estimate of drug-likeness (QED) is 0.593. The van der Waals surface area contributed by atoms with Gasteiger partial charge in [0.15, 0.2) is 11.0 Å². The molecule has 3 aromatic rings. The number of carbonyl (C=O) groups is 1. The molecule has 7 heteroatoms. The molecule has 0 saturated heterocycles. The molecule has 2 aromatic heterocycles. The summed E-state index contributed by atoms with van der Waals surface area (Å²) in [5, 5.41) is 12.4. The van der Waals surface area contributed by atoms with Crippen molar-refractivity contribution in [3.63, 3.8) is 0 Å². The number of rotatable bonds is 8. The van der Waals surface area contributed by atoms with E-state index in [9.17, 15) is 4.79 Å². The molecule has 2 heterocycles. The van der Waals surface area contributed by atoms with Crippen molar-refractivity contribution in [2.45, 2.75) is 42.6 Å². The normalized spacial score (nSPS) is 14.6. The standard InChI is InChI=1S/C21H23N5OS/c1-15(20(27)23-14-9-16-5-3-2-4-6-16)28-21-25-24-19(26(21)18-7-8-18)17-10-12-22-13-11-17/h2-6,10-13,15,18H,7-9,14H2,1H3,(H,23,27)/t15-/m1/s1. The van der Waals surface area contributed by atoms with Crippen LogP contribution in [-0.2, 0) is 11.2 Å². The summed E-state index contributed by atoms with van der Waals surface area (Å²) in [6.07, 6.45) is 6.60. The lowest BCUT2D eigenvalue weighted by Gasteiger charge is -2.13. The Morgan fingerprint density at radius 2 is 1.93 bits per heavy atom. The van der Waals surface area contributed by atoms with Gasteiger partial charge < -0.3 is 5.32 Å². The van der Waals surface area contributed by atoms with E-state index < -0.39 is 0 Å². The first-order chi connectivity index (χ1) is 13.7. The molecular weight excluding hydrogens is 370 g/mol. The van der Waals surface area contributed by atoms with E-state index in [1.807, 2.05) is 37.3 Å². The van der Waals surface area contributed by atoms with Crippen molar-refractivity contribution >= 4 is 17.7 Å². The van der Waals surface area contributed by atoms with Crippen molar-refractivity contribution in [2.24, 2.45) is 0 Å². The number of benzene rings is 1.